The SMILES string of the molecule is CC1(CCOC(C)(C)C)CC1. The van der Waals surface area contributed by atoms with E-state index in [2.05, 4.69) is 27.7 Å². The van der Waals surface area contributed by atoms with E-state index < -0.39 is 0 Å². The van der Waals surface area contributed by atoms with Crippen LogP contribution in [0.5, 0.6) is 0 Å². The van der Waals surface area contributed by atoms with Gasteiger partial charge in [0.1, 0.15) is 0 Å². The van der Waals surface area contributed by atoms with Crippen LogP contribution >= 0.6 is 0 Å². The highest BCUT2D eigenvalue weighted by molar-refractivity contribution is 4.88. The normalized spacial score (nSPS) is 21.8. The zero-order valence-electron chi connectivity index (χ0n) is 8.24. The van der Waals surface area contributed by atoms with Gasteiger partial charge in [0.15, 0.2) is 0 Å². The average Bonchev–Trinajstić information content (AvgIpc) is 2.44. The summed E-state index contributed by atoms with van der Waals surface area (Å²) < 4.78 is 5.65. The van der Waals surface area contributed by atoms with E-state index in [4.69, 9.17) is 4.74 Å². The minimum absolute atomic E-state index is 0.0469. The van der Waals surface area contributed by atoms with Gasteiger partial charge in [-0.2, -0.15) is 0 Å². The van der Waals surface area contributed by atoms with Crippen molar-refractivity contribution in [3.63, 3.8) is 0 Å². The summed E-state index contributed by atoms with van der Waals surface area (Å²) in [5.41, 5.74) is 0.691. The van der Waals surface area contributed by atoms with Crippen LogP contribution in [0.15, 0.2) is 0 Å². The van der Waals surface area contributed by atoms with Crippen molar-refractivity contribution in [2.24, 2.45) is 5.41 Å². The lowest BCUT2D eigenvalue weighted by Crippen LogP contribution is -2.20. The highest BCUT2D eigenvalue weighted by Crippen LogP contribution is 2.48. The van der Waals surface area contributed by atoms with E-state index >= 15 is 0 Å². The summed E-state index contributed by atoms with van der Waals surface area (Å²) in [5.74, 6) is 0. The molecule has 1 fully saturated rings. The molecule has 0 amide bonds. The maximum Gasteiger partial charge on any atom is 0.0598 e. The van der Waals surface area contributed by atoms with Crippen molar-refractivity contribution in [2.75, 3.05) is 6.61 Å². The molecule has 0 bridgehead atoms. The highest BCUT2D eigenvalue weighted by atomic mass is 16.5. The molecule has 1 heteroatoms. The summed E-state index contributed by atoms with van der Waals surface area (Å²) in [6, 6.07) is 0. The Morgan fingerprint density at radius 2 is 1.82 bits per heavy atom. The second-order valence-corrected chi connectivity index (χ2v) is 5.02. The van der Waals surface area contributed by atoms with Gasteiger partial charge in [-0.15, -0.1) is 0 Å². The van der Waals surface area contributed by atoms with Crippen LogP contribution in [0.2, 0.25) is 0 Å². The first-order valence-electron chi connectivity index (χ1n) is 4.55. The fraction of sp³-hybridized carbons (Fsp3) is 1.00. The average molecular weight is 156 g/mol. The molecular formula is C10H20O. The van der Waals surface area contributed by atoms with Crippen molar-refractivity contribution < 1.29 is 4.74 Å². The van der Waals surface area contributed by atoms with E-state index in [9.17, 15) is 0 Å². The molecule has 0 N–H and O–H groups in total. The van der Waals surface area contributed by atoms with Crippen LogP contribution in [0, 0.1) is 5.41 Å². The molecule has 1 aliphatic rings. The van der Waals surface area contributed by atoms with Crippen molar-refractivity contribution >= 4 is 0 Å². The van der Waals surface area contributed by atoms with Gasteiger partial charge in [-0.05, 0) is 45.4 Å². The molecule has 0 atom stereocenters. The summed E-state index contributed by atoms with van der Waals surface area (Å²) in [7, 11) is 0. The molecular weight excluding hydrogens is 136 g/mol. The van der Waals surface area contributed by atoms with Crippen LogP contribution in [0.1, 0.15) is 47.0 Å². The van der Waals surface area contributed by atoms with Gasteiger partial charge >= 0.3 is 0 Å². The third-order valence-electron chi connectivity index (χ3n) is 2.34. The van der Waals surface area contributed by atoms with Crippen molar-refractivity contribution in [3.05, 3.63) is 0 Å². The lowest BCUT2D eigenvalue weighted by molar-refractivity contribution is -0.00984. The predicted octanol–water partition coefficient (Wildman–Crippen LogP) is 2.99. The molecule has 0 saturated heterocycles. The number of rotatable bonds is 3. The summed E-state index contributed by atoms with van der Waals surface area (Å²) in [5, 5.41) is 0. The molecule has 0 aromatic heterocycles. The van der Waals surface area contributed by atoms with E-state index in [0.717, 1.165) is 6.61 Å². The molecule has 1 rings (SSSR count). The molecule has 11 heavy (non-hydrogen) atoms. The van der Waals surface area contributed by atoms with E-state index in [0.29, 0.717) is 5.41 Å². The van der Waals surface area contributed by atoms with Gasteiger partial charge < -0.3 is 4.74 Å². The van der Waals surface area contributed by atoms with Gasteiger partial charge in [-0.3, -0.25) is 0 Å². The Morgan fingerprint density at radius 3 is 2.18 bits per heavy atom. The number of hydrogen-bond donors (Lipinski definition) is 0. The van der Waals surface area contributed by atoms with Crippen LogP contribution < -0.4 is 0 Å². The maximum atomic E-state index is 5.65. The maximum absolute atomic E-state index is 5.65. The topological polar surface area (TPSA) is 9.23 Å². The summed E-state index contributed by atoms with van der Waals surface area (Å²) >= 11 is 0. The Balaban J connectivity index is 2.05. The summed E-state index contributed by atoms with van der Waals surface area (Å²) in [6.45, 7) is 9.62. The Hall–Kier alpha value is -0.0400. The Kier molecular flexibility index (Phi) is 2.29. The van der Waals surface area contributed by atoms with Crippen molar-refractivity contribution in [1.82, 2.24) is 0 Å². The standard InChI is InChI=1S/C10H20O/c1-9(2,3)11-8-7-10(4)5-6-10/h5-8H2,1-4H3. The van der Waals surface area contributed by atoms with Gasteiger partial charge in [0, 0.05) is 6.61 Å². The second-order valence-electron chi connectivity index (χ2n) is 5.02. The summed E-state index contributed by atoms with van der Waals surface area (Å²) in [4.78, 5) is 0. The highest BCUT2D eigenvalue weighted by Gasteiger charge is 2.36. The first kappa shape index (κ1) is 9.05. The third-order valence-corrected chi connectivity index (χ3v) is 2.34. The van der Waals surface area contributed by atoms with E-state index in [1.54, 1.807) is 0 Å². The Labute approximate surface area is 70.1 Å². The largest absolute Gasteiger partial charge is 0.376 e. The minimum atomic E-state index is 0.0469. The van der Waals surface area contributed by atoms with Crippen molar-refractivity contribution in [3.8, 4) is 0 Å². The zero-order valence-corrected chi connectivity index (χ0v) is 8.24. The molecule has 0 unspecified atom stereocenters. The van der Waals surface area contributed by atoms with E-state index in [-0.39, 0.29) is 5.60 Å². The molecule has 1 saturated carbocycles. The van der Waals surface area contributed by atoms with Crippen LogP contribution in [0.4, 0.5) is 0 Å². The van der Waals surface area contributed by atoms with Gasteiger partial charge in [0.05, 0.1) is 5.60 Å². The van der Waals surface area contributed by atoms with Crippen LogP contribution in [0.25, 0.3) is 0 Å². The van der Waals surface area contributed by atoms with Crippen LogP contribution in [-0.4, -0.2) is 12.2 Å². The minimum Gasteiger partial charge on any atom is -0.376 e. The fourth-order valence-corrected chi connectivity index (χ4v) is 1.07. The molecule has 0 aliphatic heterocycles. The Bertz CT molecular complexity index is 123. The first-order valence-corrected chi connectivity index (χ1v) is 4.55. The second kappa shape index (κ2) is 2.78. The molecule has 0 heterocycles. The quantitative estimate of drug-likeness (QED) is 0.610. The van der Waals surface area contributed by atoms with Gasteiger partial charge in [-0.1, -0.05) is 6.92 Å². The molecule has 1 nitrogen and oxygen atoms in total. The molecule has 66 valence electrons. The van der Waals surface area contributed by atoms with Crippen LogP contribution in [-0.2, 0) is 4.74 Å². The molecule has 0 radical (unpaired) electrons. The zero-order chi connectivity index (χ0) is 8.54. The fourth-order valence-electron chi connectivity index (χ4n) is 1.07. The summed E-state index contributed by atoms with van der Waals surface area (Å²) in [6.07, 6.45) is 4.05. The van der Waals surface area contributed by atoms with Gasteiger partial charge in [0.25, 0.3) is 0 Å². The van der Waals surface area contributed by atoms with Gasteiger partial charge in [-0.25, -0.2) is 0 Å². The molecule has 0 aromatic rings. The molecule has 0 spiro atoms. The van der Waals surface area contributed by atoms with E-state index in [1.807, 2.05) is 0 Å². The third kappa shape index (κ3) is 3.76. The molecule has 0 aromatic carbocycles. The monoisotopic (exact) mass is 156 g/mol. The van der Waals surface area contributed by atoms with Crippen LogP contribution in [0.3, 0.4) is 0 Å². The predicted molar refractivity (Wildman–Crippen MR) is 47.7 cm³/mol. The van der Waals surface area contributed by atoms with Crippen molar-refractivity contribution in [2.45, 2.75) is 52.6 Å². The lowest BCUT2D eigenvalue weighted by Gasteiger charge is -2.20. The number of hydrogen-bond acceptors (Lipinski definition) is 1. The molecule has 1 aliphatic carbocycles. The van der Waals surface area contributed by atoms with Crippen molar-refractivity contribution in [1.29, 1.82) is 0 Å². The number of ether oxygens (including phenoxy) is 1. The van der Waals surface area contributed by atoms with E-state index in [1.165, 1.54) is 19.3 Å². The first-order chi connectivity index (χ1) is 4.91. The van der Waals surface area contributed by atoms with Gasteiger partial charge in [0.2, 0.25) is 0 Å². The Morgan fingerprint density at radius 1 is 1.27 bits per heavy atom. The lowest BCUT2D eigenvalue weighted by atomic mass is 10.1. The smallest absolute Gasteiger partial charge is 0.0598 e.